The molecule has 2 aromatic carbocycles. The zero-order valence-corrected chi connectivity index (χ0v) is 26.1. The van der Waals surface area contributed by atoms with Crippen LogP contribution in [-0.4, -0.2) is 53.7 Å². The van der Waals surface area contributed by atoms with Crippen molar-refractivity contribution in [3.8, 4) is 11.4 Å². The zero-order chi connectivity index (χ0) is 31.0. The van der Waals surface area contributed by atoms with Crippen LogP contribution in [0, 0.1) is 5.41 Å². The van der Waals surface area contributed by atoms with Crippen molar-refractivity contribution in [3.63, 3.8) is 0 Å². The van der Waals surface area contributed by atoms with Gasteiger partial charge in [0, 0.05) is 48.0 Å². The molecule has 4 heterocycles. The van der Waals surface area contributed by atoms with Gasteiger partial charge in [-0.1, -0.05) is 49.7 Å². The third kappa shape index (κ3) is 5.92. The van der Waals surface area contributed by atoms with Gasteiger partial charge in [0.25, 0.3) is 5.91 Å². The Hall–Kier alpha value is -4.62. The summed E-state index contributed by atoms with van der Waals surface area (Å²) < 4.78 is 7.41. The minimum atomic E-state index is -0.393. The van der Waals surface area contributed by atoms with Crippen molar-refractivity contribution in [2.24, 2.45) is 5.41 Å². The van der Waals surface area contributed by atoms with Crippen LogP contribution < -0.4 is 10.6 Å². The van der Waals surface area contributed by atoms with Crippen LogP contribution in [0.1, 0.15) is 60.2 Å². The first-order valence-electron chi connectivity index (χ1n) is 13.9. The molecular weight excluding hydrogens is 602 g/mol. The number of nitrogens with one attached hydrogen (secondary N) is 3. The molecule has 14 heteroatoms. The van der Waals surface area contributed by atoms with Crippen LogP contribution in [0.15, 0.2) is 52.8 Å². The fourth-order valence-corrected chi connectivity index (χ4v) is 5.98. The van der Waals surface area contributed by atoms with E-state index in [1.54, 1.807) is 37.1 Å². The average Bonchev–Trinajstić information content (AvgIpc) is 3.81. The fraction of sp³-hybridized carbons (Fsp3) is 0.300. The number of H-pyrrole nitrogens is 1. The highest BCUT2D eigenvalue weighted by Crippen LogP contribution is 2.41. The normalized spacial score (nSPS) is 12.6. The molecule has 0 spiro atoms. The maximum Gasteiger partial charge on any atom is 0.252 e. The lowest BCUT2D eigenvalue weighted by molar-refractivity contribution is -0.122. The van der Waals surface area contributed by atoms with Gasteiger partial charge in [-0.15, -0.1) is 11.3 Å². The van der Waals surface area contributed by atoms with Gasteiger partial charge in [-0.05, 0) is 23.6 Å². The average molecular weight is 632 g/mol. The second kappa shape index (κ2) is 11.8. The number of rotatable bonds is 9. The van der Waals surface area contributed by atoms with Gasteiger partial charge in [-0.25, -0.2) is 4.98 Å². The molecule has 0 aliphatic heterocycles. The molecule has 226 valence electrons. The summed E-state index contributed by atoms with van der Waals surface area (Å²) in [4.78, 5) is 40.5. The highest BCUT2D eigenvalue weighted by Gasteiger charge is 2.33. The van der Waals surface area contributed by atoms with E-state index in [1.807, 2.05) is 22.8 Å². The number of carbonyl (C=O) groups excluding carboxylic acids is 2. The second-order valence-corrected chi connectivity index (χ2v) is 12.9. The van der Waals surface area contributed by atoms with Crippen molar-refractivity contribution in [1.82, 2.24) is 45.5 Å². The van der Waals surface area contributed by atoms with Crippen LogP contribution in [-0.2, 0) is 17.8 Å². The smallest absolute Gasteiger partial charge is 0.252 e. The number of thiazole rings is 1. The number of hydrogen-bond donors (Lipinski definition) is 3. The van der Waals surface area contributed by atoms with Crippen molar-refractivity contribution in [2.45, 2.75) is 46.2 Å². The van der Waals surface area contributed by atoms with E-state index in [4.69, 9.17) is 21.1 Å². The van der Waals surface area contributed by atoms with Gasteiger partial charge in [0.2, 0.25) is 11.8 Å². The Bertz CT molecular complexity index is 1970. The van der Waals surface area contributed by atoms with Gasteiger partial charge in [0.15, 0.2) is 5.82 Å². The fourth-order valence-electron chi connectivity index (χ4n) is 5.15. The number of halogens is 1. The summed E-state index contributed by atoms with van der Waals surface area (Å²) in [6.45, 7) is 6.31. The Morgan fingerprint density at radius 3 is 2.75 bits per heavy atom. The molecule has 0 saturated carbocycles. The molecule has 6 aromatic rings. The third-order valence-corrected chi connectivity index (χ3v) is 8.50. The van der Waals surface area contributed by atoms with Gasteiger partial charge in [0.1, 0.15) is 5.82 Å². The summed E-state index contributed by atoms with van der Waals surface area (Å²) in [5.41, 5.74) is 4.65. The summed E-state index contributed by atoms with van der Waals surface area (Å²) in [6.07, 6.45) is 4.17. The quantitative estimate of drug-likeness (QED) is 0.194. The van der Waals surface area contributed by atoms with Crippen LogP contribution >= 0.6 is 22.9 Å². The molecule has 44 heavy (non-hydrogen) atoms. The van der Waals surface area contributed by atoms with Crippen molar-refractivity contribution in [2.75, 3.05) is 7.05 Å². The predicted octanol–water partition coefficient (Wildman–Crippen LogP) is 5.32. The molecule has 0 bridgehead atoms. The molecule has 0 aliphatic rings. The molecule has 4 aromatic heterocycles. The molecule has 1 atom stereocenters. The number of carbonyl (C=O) groups is 2. The molecule has 0 saturated heterocycles. The van der Waals surface area contributed by atoms with E-state index in [-0.39, 0.29) is 35.8 Å². The lowest BCUT2D eigenvalue weighted by atomic mass is 9.84. The highest BCUT2D eigenvalue weighted by atomic mass is 35.5. The van der Waals surface area contributed by atoms with Crippen molar-refractivity contribution in [1.29, 1.82) is 0 Å². The first-order valence-corrected chi connectivity index (χ1v) is 15.2. The minimum absolute atomic E-state index is 0.0979. The van der Waals surface area contributed by atoms with Crippen LogP contribution in [0.2, 0.25) is 5.02 Å². The van der Waals surface area contributed by atoms with Gasteiger partial charge in [-0.2, -0.15) is 10.1 Å². The summed E-state index contributed by atoms with van der Waals surface area (Å²) in [5, 5.41) is 18.0. The third-order valence-electron chi connectivity index (χ3n) is 7.40. The molecule has 0 fully saturated rings. The summed E-state index contributed by atoms with van der Waals surface area (Å²) in [5.74, 6) is 0.981. The molecule has 1 unspecified atom stereocenters. The molecule has 2 amide bonds. The van der Waals surface area contributed by atoms with E-state index in [9.17, 15) is 9.59 Å². The standard InChI is InChI=1S/C30H30ClN9O3S/c1-30(2,3)24(11-26(41)34-14-27-37-25(39-43-27)8-18-13-33-15-44-18)40-23-10-20(31)19(29(42)32-4)9-22(23)36-28(40)16-5-6-17-12-35-38-21(17)7-16/h5-7,9-10,12-13,15,24H,8,11,14H2,1-4H3,(H,32,42)(H,34,41)(H,35,38). The largest absolute Gasteiger partial charge is 0.355 e. The van der Waals surface area contributed by atoms with Crippen LogP contribution in [0.3, 0.4) is 0 Å². The number of aromatic amines is 1. The zero-order valence-electron chi connectivity index (χ0n) is 24.5. The van der Waals surface area contributed by atoms with E-state index in [2.05, 4.69) is 56.7 Å². The second-order valence-electron chi connectivity index (χ2n) is 11.5. The summed E-state index contributed by atoms with van der Waals surface area (Å²) in [6, 6.07) is 8.98. The van der Waals surface area contributed by atoms with Crippen LogP contribution in [0.4, 0.5) is 0 Å². The Morgan fingerprint density at radius 2 is 2.00 bits per heavy atom. The minimum Gasteiger partial charge on any atom is -0.355 e. The van der Waals surface area contributed by atoms with E-state index in [0.717, 1.165) is 21.3 Å². The summed E-state index contributed by atoms with van der Waals surface area (Å²) >= 11 is 8.15. The molecule has 6 rings (SSSR count). The molecule has 0 radical (unpaired) electrons. The topological polar surface area (TPSA) is 157 Å². The van der Waals surface area contributed by atoms with Gasteiger partial charge >= 0.3 is 0 Å². The molecule has 12 nitrogen and oxygen atoms in total. The van der Waals surface area contributed by atoms with Gasteiger partial charge in [0.05, 0.1) is 45.4 Å². The number of imidazole rings is 1. The monoisotopic (exact) mass is 631 g/mol. The van der Waals surface area contributed by atoms with Gasteiger partial charge < -0.3 is 19.7 Å². The Kier molecular flexibility index (Phi) is 7.91. The summed E-state index contributed by atoms with van der Waals surface area (Å²) in [7, 11) is 1.55. The number of fused-ring (bicyclic) bond motifs is 2. The van der Waals surface area contributed by atoms with E-state index in [1.165, 1.54) is 11.3 Å². The number of aromatic nitrogens is 7. The first-order chi connectivity index (χ1) is 21.1. The Balaban J connectivity index is 1.34. The Morgan fingerprint density at radius 1 is 1.16 bits per heavy atom. The van der Waals surface area contributed by atoms with E-state index in [0.29, 0.717) is 40.6 Å². The van der Waals surface area contributed by atoms with Gasteiger partial charge in [-0.3, -0.25) is 19.7 Å². The maximum absolute atomic E-state index is 13.5. The molecular formula is C30H30ClN9O3S. The van der Waals surface area contributed by atoms with Crippen molar-refractivity contribution < 1.29 is 14.1 Å². The first kappa shape index (κ1) is 29.5. The number of hydrogen-bond acceptors (Lipinski definition) is 9. The van der Waals surface area contributed by atoms with Crippen LogP contribution in [0.5, 0.6) is 0 Å². The Labute approximate surface area is 261 Å². The van der Waals surface area contributed by atoms with Crippen molar-refractivity contribution >= 4 is 56.7 Å². The lowest BCUT2D eigenvalue weighted by Crippen LogP contribution is -2.32. The maximum atomic E-state index is 13.5. The van der Waals surface area contributed by atoms with Crippen molar-refractivity contribution in [3.05, 3.63) is 75.4 Å². The van der Waals surface area contributed by atoms with E-state index < -0.39 is 5.41 Å². The van der Waals surface area contributed by atoms with E-state index >= 15 is 0 Å². The molecule has 0 aliphatic carbocycles. The molecule has 3 N–H and O–H groups in total. The lowest BCUT2D eigenvalue weighted by Gasteiger charge is -2.33. The SMILES string of the molecule is CNC(=O)c1cc2nc(-c3ccc4cn[nH]c4c3)n(C(CC(=O)NCc3nc(Cc4cncs4)no3)C(C)(C)C)c2cc1Cl. The van der Waals surface area contributed by atoms with Crippen LogP contribution in [0.25, 0.3) is 33.3 Å². The number of amides is 2. The predicted molar refractivity (Wildman–Crippen MR) is 167 cm³/mol. The number of nitrogens with zero attached hydrogens (tertiary/aromatic N) is 6. The highest BCUT2D eigenvalue weighted by molar-refractivity contribution is 7.09. The number of benzene rings is 2.